The quantitative estimate of drug-likeness (QED) is 0.770. The van der Waals surface area contributed by atoms with Crippen molar-refractivity contribution in [1.29, 1.82) is 0 Å². The van der Waals surface area contributed by atoms with Crippen LogP contribution in [-0.4, -0.2) is 21.3 Å². The van der Waals surface area contributed by atoms with Gasteiger partial charge in [0.2, 0.25) is 0 Å². The third-order valence-corrected chi connectivity index (χ3v) is 3.92. The van der Waals surface area contributed by atoms with E-state index in [4.69, 9.17) is 5.73 Å². The summed E-state index contributed by atoms with van der Waals surface area (Å²) < 4.78 is 2.07. The van der Waals surface area contributed by atoms with Crippen molar-refractivity contribution in [3.63, 3.8) is 0 Å². The highest BCUT2D eigenvalue weighted by Crippen LogP contribution is 2.24. The van der Waals surface area contributed by atoms with Gasteiger partial charge in [-0.3, -0.25) is 0 Å². The fraction of sp³-hybridized carbons (Fsp3) is 0.235. The van der Waals surface area contributed by atoms with Gasteiger partial charge in [-0.2, -0.15) is 0 Å². The zero-order chi connectivity index (χ0) is 14.9. The van der Waals surface area contributed by atoms with E-state index in [9.17, 15) is 5.11 Å². The van der Waals surface area contributed by atoms with Crippen LogP contribution in [0, 0.1) is 6.92 Å². The number of nitrogens with zero attached hydrogens (tertiary/aromatic N) is 2. The first-order chi connectivity index (χ1) is 10.1. The molecule has 1 unspecified atom stereocenters. The summed E-state index contributed by atoms with van der Waals surface area (Å²) in [7, 11) is 0. The summed E-state index contributed by atoms with van der Waals surface area (Å²) >= 11 is 0. The smallest absolute Gasteiger partial charge is 0.106 e. The van der Waals surface area contributed by atoms with Gasteiger partial charge in [-0.05, 0) is 24.6 Å². The van der Waals surface area contributed by atoms with Crippen LogP contribution in [0.5, 0.6) is 0 Å². The minimum Gasteiger partial charge on any atom is -0.394 e. The van der Waals surface area contributed by atoms with Crippen LogP contribution < -0.4 is 5.73 Å². The van der Waals surface area contributed by atoms with Gasteiger partial charge >= 0.3 is 0 Å². The number of rotatable bonds is 4. The van der Waals surface area contributed by atoms with Gasteiger partial charge in [-0.25, -0.2) is 4.98 Å². The van der Waals surface area contributed by atoms with Gasteiger partial charge in [0.15, 0.2) is 0 Å². The summed E-state index contributed by atoms with van der Waals surface area (Å²) in [5, 5.41) is 9.84. The van der Waals surface area contributed by atoms with Crippen molar-refractivity contribution in [2.24, 2.45) is 5.73 Å². The molecule has 1 heterocycles. The van der Waals surface area contributed by atoms with Gasteiger partial charge in [0, 0.05) is 6.54 Å². The highest BCUT2D eigenvalue weighted by atomic mass is 16.3. The number of benzene rings is 2. The number of imidazole rings is 1. The molecular formula is C17H19N3O. The van der Waals surface area contributed by atoms with Crippen molar-refractivity contribution in [2.45, 2.75) is 19.0 Å². The molecule has 0 amide bonds. The Morgan fingerprint density at radius 1 is 1.10 bits per heavy atom. The molecule has 0 fully saturated rings. The summed E-state index contributed by atoms with van der Waals surface area (Å²) in [5.74, 6) is 0.899. The average Bonchev–Trinajstić information content (AvgIpc) is 2.84. The monoisotopic (exact) mass is 281 g/mol. The molecular weight excluding hydrogens is 262 g/mol. The first-order valence-corrected chi connectivity index (χ1v) is 7.01. The van der Waals surface area contributed by atoms with Crippen molar-refractivity contribution in [2.75, 3.05) is 6.61 Å². The summed E-state index contributed by atoms with van der Waals surface area (Å²) in [4.78, 5) is 4.55. The average molecular weight is 281 g/mol. The number of hydrogen-bond acceptors (Lipinski definition) is 3. The van der Waals surface area contributed by atoms with E-state index in [1.54, 1.807) is 0 Å². The normalized spacial score (nSPS) is 14.2. The lowest BCUT2D eigenvalue weighted by molar-refractivity contribution is 0.179. The third-order valence-electron chi connectivity index (χ3n) is 3.92. The maximum Gasteiger partial charge on any atom is 0.106 e. The predicted octanol–water partition coefficient (Wildman–Crippen LogP) is 2.19. The Morgan fingerprint density at radius 3 is 2.48 bits per heavy atom. The molecule has 0 saturated heterocycles. The Kier molecular flexibility index (Phi) is 3.49. The minimum atomic E-state index is -0.824. The Balaban J connectivity index is 2.06. The van der Waals surface area contributed by atoms with Crippen LogP contribution in [0.2, 0.25) is 0 Å². The molecule has 1 atom stereocenters. The topological polar surface area (TPSA) is 64.1 Å². The molecule has 4 nitrogen and oxygen atoms in total. The number of aryl methyl sites for hydroxylation is 1. The standard InChI is InChI=1S/C17H19N3O/c1-13-19-15-9-5-6-10-16(15)20(13)11-17(18,12-21)14-7-3-2-4-8-14/h2-10,21H,11-12,18H2,1H3. The fourth-order valence-electron chi connectivity index (χ4n) is 2.68. The molecule has 0 saturated carbocycles. The number of hydrogen-bond donors (Lipinski definition) is 2. The number of aliphatic hydroxyl groups excluding tert-OH is 1. The molecule has 0 aliphatic rings. The van der Waals surface area contributed by atoms with E-state index in [-0.39, 0.29) is 6.61 Å². The van der Waals surface area contributed by atoms with Gasteiger partial charge in [-0.1, -0.05) is 42.5 Å². The van der Waals surface area contributed by atoms with Crippen LogP contribution in [0.1, 0.15) is 11.4 Å². The van der Waals surface area contributed by atoms with Crippen LogP contribution >= 0.6 is 0 Å². The molecule has 0 radical (unpaired) electrons. The highest BCUT2D eigenvalue weighted by molar-refractivity contribution is 5.75. The molecule has 3 rings (SSSR count). The van der Waals surface area contributed by atoms with E-state index >= 15 is 0 Å². The van der Waals surface area contributed by atoms with E-state index in [0.29, 0.717) is 6.54 Å². The van der Waals surface area contributed by atoms with Crippen LogP contribution in [-0.2, 0) is 12.1 Å². The third kappa shape index (κ3) is 2.44. The molecule has 4 heteroatoms. The first kappa shape index (κ1) is 13.8. The SMILES string of the molecule is Cc1nc2ccccc2n1CC(N)(CO)c1ccccc1. The number of aliphatic hydroxyl groups is 1. The van der Waals surface area contributed by atoms with E-state index in [1.165, 1.54) is 0 Å². The highest BCUT2D eigenvalue weighted by Gasteiger charge is 2.28. The van der Waals surface area contributed by atoms with Crippen molar-refractivity contribution in [3.8, 4) is 0 Å². The Labute approximate surface area is 123 Å². The lowest BCUT2D eigenvalue weighted by Gasteiger charge is -2.29. The molecule has 21 heavy (non-hydrogen) atoms. The van der Waals surface area contributed by atoms with Crippen molar-refractivity contribution in [1.82, 2.24) is 9.55 Å². The minimum absolute atomic E-state index is 0.122. The van der Waals surface area contributed by atoms with Gasteiger partial charge in [0.25, 0.3) is 0 Å². The van der Waals surface area contributed by atoms with Crippen LogP contribution in [0.15, 0.2) is 54.6 Å². The van der Waals surface area contributed by atoms with Crippen LogP contribution in [0.3, 0.4) is 0 Å². The Bertz CT molecular complexity index is 751. The van der Waals surface area contributed by atoms with Gasteiger partial charge in [-0.15, -0.1) is 0 Å². The molecule has 2 aromatic carbocycles. The molecule has 0 aliphatic heterocycles. The van der Waals surface area contributed by atoms with E-state index in [2.05, 4.69) is 9.55 Å². The van der Waals surface area contributed by atoms with Crippen LogP contribution in [0.25, 0.3) is 11.0 Å². The number of nitrogens with two attached hydrogens (primary N) is 1. The Morgan fingerprint density at radius 2 is 1.76 bits per heavy atom. The number of fused-ring (bicyclic) bond motifs is 1. The molecule has 1 aromatic heterocycles. The van der Waals surface area contributed by atoms with Crippen molar-refractivity contribution >= 4 is 11.0 Å². The predicted molar refractivity (Wildman–Crippen MR) is 83.9 cm³/mol. The molecule has 0 aliphatic carbocycles. The first-order valence-electron chi connectivity index (χ1n) is 7.01. The lowest BCUT2D eigenvalue weighted by Crippen LogP contribution is -2.44. The number of para-hydroxylation sites is 2. The zero-order valence-corrected chi connectivity index (χ0v) is 12.0. The molecule has 3 N–H and O–H groups in total. The van der Waals surface area contributed by atoms with Crippen molar-refractivity contribution < 1.29 is 5.11 Å². The maximum atomic E-state index is 9.84. The summed E-state index contributed by atoms with van der Waals surface area (Å²) in [5.41, 5.74) is 8.55. The largest absolute Gasteiger partial charge is 0.394 e. The number of aromatic nitrogens is 2. The Hall–Kier alpha value is -2.17. The molecule has 0 bridgehead atoms. The van der Waals surface area contributed by atoms with E-state index in [0.717, 1.165) is 22.4 Å². The molecule has 108 valence electrons. The molecule has 0 spiro atoms. The second-order valence-electron chi connectivity index (χ2n) is 5.41. The molecule has 3 aromatic rings. The fourth-order valence-corrected chi connectivity index (χ4v) is 2.68. The van der Waals surface area contributed by atoms with E-state index in [1.807, 2.05) is 61.5 Å². The summed E-state index contributed by atoms with van der Waals surface area (Å²) in [6, 6.07) is 17.7. The zero-order valence-electron chi connectivity index (χ0n) is 12.0. The second kappa shape index (κ2) is 5.31. The van der Waals surface area contributed by atoms with Gasteiger partial charge < -0.3 is 15.4 Å². The summed E-state index contributed by atoms with van der Waals surface area (Å²) in [6.45, 7) is 2.33. The van der Waals surface area contributed by atoms with Gasteiger partial charge in [0.1, 0.15) is 5.82 Å². The van der Waals surface area contributed by atoms with Gasteiger partial charge in [0.05, 0.1) is 23.2 Å². The summed E-state index contributed by atoms with van der Waals surface area (Å²) in [6.07, 6.45) is 0. The second-order valence-corrected chi connectivity index (χ2v) is 5.41. The van der Waals surface area contributed by atoms with Crippen molar-refractivity contribution in [3.05, 3.63) is 66.0 Å². The maximum absolute atomic E-state index is 9.84. The lowest BCUT2D eigenvalue weighted by atomic mass is 9.91. The van der Waals surface area contributed by atoms with E-state index < -0.39 is 5.54 Å². The van der Waals surface area contributed by atoms with Crippen LogP contribution in [0.4, 0.5) is 0 Å².